The molecule has 0 aliphatic rings. The third kappa shape index (κ3) is 40.9. The summed E-state index contributed by atoms with van der Waals surface area (Å²) in [7, 11) is 0. The molecule has 86 valence electrons. The molecule has 0 unspecified atom stereocenters. The Hall–Kier alpha value is -2.20. The van der Waals surface area contributed by atoms with Gasteiger partial charge in [0.05, 0.1) is 0 Å². The molecule has 0 aliphatic heterocycles. The Labute approximate surface area is 95.9 Å². The van der Waals surface area contributed by atoms with Crippen molar-refractivity contribution in [3.05, 3.63) is 35.9 Å². The fourth-order valence-corrected chi connectivity index (χ4v) is 0.534. The zero-order chi connectivity index (χ0) is 13.2. The molecule has 0 amide bonds. The number of rotatable bonds is 0. The molecule has 0 saturated carbocycles. The van der Waals surface area contributed by atoms with Crippen molar-refractivity contribution in [2.75, 3.05) is 0 Å². The molecule has 0 heterocycles. The molecule has 0 spiro atoms. The maximum atomic E-state index is 8.35. The highest BCUT2D eigenvalue weighted by molar-refractivity contribution is 7.51. The van der Waals surface area contributed by atoms with Gasteiger partial charge in [-0.3, -0.25) is 0 Å². The Kier molecular flexibility index (Phi) is 27.9. The lowest BCUT2D eigenvalue weighted by atomic mass is 10.2. The van der Waals surface area contributed by atoms with Crippen molar-refractivity contribution >= 4 is 23.7 Å². The van der Waals surface area contributed by atoms with Crippen LogP contribution in [0.3, 0.4) is 0 Å². The maximum Gasteiger partial charge on any atom is 0.335 e. The molecule has 0 fully saturated rings. The summed E-state index contributed by atoms with van der Waals surface area (Å²) in [5.41, 5.74) is 1.32. The van der Waals surface area contributed by atoms with E-state index in [1.54, 1.807) is 0 Å². The molecular weight excluding hydrogens is 232 g/mol. The van der Waals surface area contributed by atoms with E-state index in [1.165, 1.54) is 5.56 Å². The second-order valence-electron chi connectivity index (χ2n) is 1.93. The number of carbonyl (C=O) groups excluding carboxylic acids is 2. The molecule has 0 aromatic heterocycles. The van der Waals surface area contributed by atoms with Gasteiger partial charge in [0.2, 0.25) is 12.2 Å². The van der Waals surface area contributed by atoms with Gasteiger partial charge in [-0.15, -0.1) is 0 Å². The minimum atomic E-state index is -0.750. The highest BCUT2D eigenvalue weighted by atomic mass is 32.1. The molecule has 1 aromatic rings. The third-order valence-electron chi connectivity index (χ3n) is 0.940. The summed E-state index contributed by atoms with van der Waals surface area (Å²) in [4.78, 5) is 16.7. The Morgan fingerprint density at radius 1 is 1.00 bits per heavy atom. The number of nitrogens with one attached hydrogen (secondary N) is 2. The van der Waals surface area contributed by atoms with Crippen LogP contribution in [0.5, 0.6) is 0 Å². The van der Waals surface area contributed by atoms with Gasteiger partial charge in [-0.2, -0.15) is 8.42 Å². The van der Waals surface area contributed by atoms with E-state index < -0.39 is 11.6 Å². The number of hydrogen-bond donors (Lipinski definition) is 2. The lowest BCUT2D eigenvalue weighted by molar-refractivity contribution is 0.562. The van der Waals surface area contributed by atoms with Crippen molar-refractivity contribution in [3.8, 4) is 0 Å². The summed E-state index contributed by atoms with van der Waals surface area (Å²) >= 11 is -0.750. The first kappa shape index (κ1) is 19.4. The van der Waals surface area contributed by atoms with Gasteiger partial charge in [0, 0.05) is 0 Å². The highest BCUT2D eigenvalue weighted by Gasteiger charge is 1.72. The van der Waals surface area contributed by atoms with Gasteiger partial charge in [-0.05, 0) is 6.92 Å². The van der Waals surface area contributed by atoms with E-state index in [-0.39, 0.29) is 0 Å². The second-order valence-corrected chi connectivity index (χ2v) is 2.06. The molecule has 16 heavy (non-hydrogen) atoms. The number of benzene rings is 1. The molecule has 6 nitrogen and oxygen atoms in total. The average Bonchev–Trinajstić information content (AvgIpc) is 2.22. The van der Waals surface area contributed by atoms with E-state index in [1.807, 2.05) is 18.2 Å². The van der Waals surface area contributed by atoms with E-state index in [0.29, 0.717) is 0 Å². The number of hydrogen-bond acceptors (Lipinski definition) is 6. The van der Waals surface area contributed by atoms with Gasteiger partial charge >= 0.3 is 11.6 Å². The van der Waals surface area contributed by atoms with Gasteiger partial charge in [-0.1, -0.05) is 35.9 Å². The van der Waals surface area contributed by atoms with Crippen molar-refractivity contribution in [1.82, 2.24) is 0 Å². The van der Waals surface area contributed by atoms with Crippen LogP contribution < -0.4 is 0 Å². The van der Waals surface area contributed by atoms with Crippen LogP contribution >= 0.6 is 0 Å². The molecule has 7 heteroatoms. The Morgan fingerprint density at radius 3 is 1.38 bits per heavy atom. The Bertz CT molecular complexity index is 321. The van der Waals surface area contributed by atoms with Crippen LogP contribution in [0.15, 0.2) is 30.3 Å². The number of aryl methyl sites for hydroxylation is 1. The van der Waals surface area contributed by atoms with Crippen LogP contribution in [0.2, 0.25) is 0 Å². The Balaban J connectivity index is -0.000000161. The van der Waals surface area contributed by atoms with E-state index >= 15 is 0 Å². The predicted molar refractivity (Wildman–Crippen MR) is 56.9 cm³/mol. The zero-order valence-electron chi connectivity index (χ0n) is 8.43. The van der Waals surface area contributed by atoms with Gasteiger partial charge in [0.25, 0.3) is 0 Å². The fourth-order valence-electron chi connectivity index (χ4n) is 0.534. The summed E-state index contributed by atoms with van der Waals surface area (Å²) < 4.78 is 16.6. The van der Waals surface area contributed by atoms with Gasteiger partial charge in [-0.25, -0.2) is 20.4 Å². The fraction of sp³-hybridized carbons (Fsp3) is 0.111. The predicted octanol–water partition coefficient (Wildman–Crippen LogP) is 1.13. The molecular formula is C9H10N2O4S. The van der Waals surface area contributed by atoms with Crippen molar-refractivity contribution in [3.63, 3.8) is 0 Å². The highest BCUT2D eigenvalue weighted by Crippen LogP contribution is 1.92. The lowest BCUT2D eigenvalue weighted by Crippen LogP contribution is -1.62. The van der Waals surface area contributed by atoms with E-state index in [4.69, 9.17) is 28.8 Å². The second kappa shape index (κ2) is 23.0. The van der Waals surface area contributed by atoms with Crippen molar-refractivity contribution in [1.29, 1.82) is 10.8 Å². The summed E-state index contributed by atoms with van der Waals surface area (Å²) in [5, 5.41) is 10.8. The summed E-state index contributed by atoms with van der Waals surface area (Å²) in [6, 6.07) is 10.3. The summed E-state index contributed by atoms with van der Waals surface area (Å²) in [6.45, 7) is 2.08. The Morgan fingerprint density at radius 2 is 1.25 bits per heavy atom. The normalized spacial score (nSPS) is 5.56. The molecule has 1 rings (SSSR count). The first-order valence-electron chi connectivity index (χ1n) is 3.65. The summed E-state index contributed by atoms with van der Waals surface area (Å²) in [5.74, 6) is 0. The van der Waals surface area contributed by atoms with Crippen LogP contribution in [-0.4, -0.2) is 20.6 Å². The first-order valence-corrected chi connectivity index (χ1v) is 4.32. The van der Waals surface area contributed by atoms with Crippen molar-refractivity contribution < 1.29 is 18.0 Å². The van der Waals surface area contributed by atoms with Crippen LogP contribution in [0.25, 0.3) is 0 Å². The topological polar surface area (TPSA) is 116 Å². The van der Waals surface area contributed by atoms with E-state index in [0.717, 1.165) is 12.2 Å². The first-order chi connectivity index (χ1) is 7.64. The van der Waals surface area contributed by atoms with Crippen LogP contribution in [0.4, 0.5) is 0 Å². The third-order valence-corrected chi connectivity index (χ3v) is 0.940. The molecule has 0 bridgehead atoms. The van der Waals surface area contributed by atoms with Gasteiger partial charge < -0.3 is 0 Å². The monoisotopic (exact) mass is 242 g/mol. The smallest absolute Gasteiger partial charge is 0.222 e. The zero-order valence-corrected chi connectivity index (χ0v) is 9.24. The van der Waals surface area contributed by atoms with Crippen molar-refractivity contribution in [2.45, 2.75) is 6.92 Å². The maximum absolute atomic E-state index is 8.35. The molecule has 0 radical (unpaired) electrons. The van der Waals surface area contributed by atoms with E-state index in [9.17, 15) is 0 Å². The molecule has 0 aliphatic carbocycles. The largest absolute Gasteiger partial charge is 0.335 e. The number of isocyanates is 2. The van der Waals surface area contributed by atoms with Crippen LogP contribution in [0.1, 0.15) is 5.56 Å². The molecule has 2 N–H and O–H groups in total. The minimum Gasteiger partial charge on any atom is -0.222 e. The van der Waals surface area contributed by atoms with Crippen molar-refractivity contribution in [2.24, 2.45) is 0 Å². The SMILES string of the molecule is Cc1ccccc1.N=C=O.N=C=O.O=S=O. The molecule has 0 atom stereocenters. The average molecular weight is 242 g/mol. The van der Waals surface area contributed by atoms with E-state index in [2.05, 4.69) is 19.1 Å². The minimum absolute atomic E-state index is 0.750. The summed E-state index contributed by atoms with van der Waals surface area (Å²) in [6.07, 6.45) is 1.50. The quantitative estimate of drug-likeness (QED) is 0.523. The lowest BCUT2D eigenvalue weighted by Gasteiger charge is -1.82. The van der Waals surface area contributed by atoms with Crippen LogP contribution in [-0.2, 0) is 21.2 Å². The van der Waals surface area contributed by atoms with Crippen LogP contribution in [0, 0.1) is 17.7 Å². The standard InChI is InChI=1S/C7H8.2CHNO.O2S/c1-7-5-3-2-4-6-7;2*2-1-3;1-3-2/h2-6H,1H3;2*2H;. The molecule has 0 saturated heterocycles. The molecule has 1 aromatic carbocycles. The van der Waals surface area contributed by atoms with Gasteiger partial charge in [0.15, 0.2) is 0 Å². The van der Waals surface area contributed by atoms with Gasteiger partial charge in [0.1, 0.15) is 0 Å².